The summed E-state index contributed by atoms with van der Waals surface area (Å²) in [6, 6.07) is 12.3. The summed E-state index contributed by atoms with van der Waals surface area (Å²) in [7, 11) is 0. The predicted molar refractivity (Wildman–Crippen MR) is 130 cm³/mol. The molecule has 1 aliphatic carbocycles. The van der Waals surface area contributed by atoms with Crippen molar-refractivity contribution < 1.29 is 14.3 Å². The van der Waals surface area contributed by atoms with E-state index in [-0.39, 0.29) is 12.7 Å². The van der Waals surface area contributed by atoms with E-state index < -0.39 is 5.41 Å². The number of anilines is 1. The van der Waals surface area contributed by atoms with Gasteiger partial charge in [-0.1, -0.05) is 37.5 Å². The molecule has 5 rings (SSSR count). The van der Waals surface area contributed by atoms with Crippen LogP contribution < -0.4 is 14.8 Å². The number of nitrogens with one attached hydrogen (secondary N) is 1. The van der Waals surface area contributed by atoms with Crippen LogP contribution in [-0.4, -0.2) is 42.2 Å². The van der Waals surface area contributed by atoms with Crippen molar-refractivity contribution in [2.24, 2.45) is 0 Å². The lowest BCUT2D eigenvalue weighted by molar-refractivity contribution is -0.122. The minimum atomic E-state index is -0.522. The van der Waals surface area contributed by atoms with Crippen LogP contribution in [0.2, 0.25) is 0 Å². The number of thioether (sulfide) groups is 1. The lowest BCUT2D eigenvalue weighted by atomic mass is 9.68. The zero-order valence-electron chi connectivity index (χ0n) is 18.8. The Morgan fingerprint density at radius 3 is 2.66 bits per heavy atom. The Kier molecular flexibility index (Phi) is 6.33. The van der Waals surface area contributed by atoms with Crippen LogP contribution >= 0.6 is 11.8 Å². The third kappa shape index (κ3) is 4.23. The Morgan fingerprint density at radius 1 is 1.06 bits per heavy atom. The molecular weight excluding hydrogens is 420 g/mol. The molecule has 2 fully saturated rings. The highest BCUT2D eigenvalue weighted by Crippen LogP contribution is 2.44. The van der Waals surface area contributed by atoms with Gasteiger partial charge in [-0.05, 0) is 54.7 Å². The van der Waals surface area contributed by atoms with E-state index in [4.69, 9.17) is 9.47 Å². The van der Waals surface area contributed by atoms with Gasteiger partial charge in [-0.25, -0.2) is 0 Å². The quantitative estimate of drug-likeness (QED) is 0.683. The average Bonchev–Trinajstić information content (AvgIpc) is 3.31. The highest BCUT2D eigenvalue weighted by atomic mass is 32.2. The second-order valence-electron chi connectivity index (χ2n) is 9.14. The van der Waals surface area contributed by atoms with Gasteiger partial charge in [0.15, 0.2) is 11.5 Å². The molecule has 0 atom stereocenters. The van der Waals surface area contributed by atoms with E-state index in [0.29, 0.717) is 0 Å². The molecule has 1 saturated carbocycles. The molecule has 32 heavy (non-hydrogen) atoms. The first-order valence-corrected chi connectivity index (χ1v) is 12.9. The summed E-state index contributed by atoms with van der Waals surface area (Å²) in [5.41, 5.74) is 3.93. The van der Waals surface area contributed by atoms with Gasteiger partial charge in [-0.3, -0.25) is 9.69 Å². The summed E-state index contributed by atoms with van der Waals surface area (Å²) < 4.78 is 11.1. The van der Waals surface area contributed by atoms with Crippen LogP contribution in [0, 0.1) is 6.92 Å². The lowest BCUT2D eigenvalue weighted by Crippen LogP contribution is -2.42. The molecule has 1 saturated heterocycles. The standard InChI is InChI=1S/C26H32N2O3S/c1-19-20(17-28-12-14-32-15-13-28)6-5-7-22(19)27-25(29)26(10-3-2-4-11-26)21-8-9-23-24(16-21)31-18-30-23/h5-9,16H,2-4,10-15,17-18H2,1H3,(H,27,29). The molecule has 1 N–H and O–H groups in total. The Labute approximate surface area is 194 Å². The highest BCUT2D eigenvalue weighted by molar-refractivity contribution is 7.99. The minimum Gasteiger partial charge on any atom is -0.454 e. The molecule has 170 valence electrons. The van der Waals surface area contributed by atoms with Gasteiger partial charge in [0.1, 0.15) is 0 Å². The fourth-order valence-corrected chi connectivity index (χ4v) is 6.21. The molecule has 6 heteroatoms. The molecule has 2 aliphatic heterocycles. The van der Waals surface area contributed by atoms with Gasteiger partial charge in [0, 0.05) is 36.8 Å². The van der Waals surface area contributed by atoms with Gasteiger partial charge in [-0.15, -0.1) is 0 Å². The second-order valence-corrected chi connectivity index (χ2v) is 10.4. The first kappa shape index (κ1) is 21.7. The van der Waals surface area contributed by atoms with Crippen molar-refractivity contribution in [3.63, 3.8) is 0 Å². The topological polar surface area (TPSA) is 50.8 Å². The largest absolute Gasteiger partial charge is 0.454 e. The van der Waals surface area contributed by atoms with Crippen LogP contribution in [0.4, 0.5) is 5.69 Å². The number of hydrogen-bond donors (Lipinski definition) is 1. The molecule has 2 aromatic rings. The van der Waals surface area contributed by atoms with Crippen molar-refractivity contribution in [3.8, 4) is 11.5 Å². The van der Waals surface area contributed by atoms with Crippen LogP contribution in [0.3, 0.4) is 0 Å². The van der Waals surface area contributed by atoms with E-state index in [1.165, 1.54) is 29.1 Å². The van der Waals surface area contributed by atoms with Crippen LogP contribution in [0.5, 0.6) is 11.5 Å². The number of fused-ring (bicyclic) bond motifs is 1. The van der Waals surface area contributed by atoms with Gasteiger partial charge in [-0.2, -0.15) is 11.8 Å². The Morgan fingerprint density at radius 2 is 1.84 bits per heavy atom. The molecule has 1 amide bonds. The van der Waals surface area contributed by atoms with Crippen LogP contribution in [-0.2, 0) is 16.8 Å². The number of benzene rings is 2. The molecular formula is C26H32N2O3S. The van der Waals surface area contributed by atoms with Gasteiger partial charge in [0.25, 0.3) is 0 Å². The molecule has 0 aromatic heterocycles. The normalized spacial score (nSPS) is 20.2. The molecule has 0 unspecified atom stereocenters. The first-order chi connectivity index (χ1) is 15.7. The monoisotopic (exact) mass is 452 g/mol. The lowest BCUT2D eigenvalue weighted by Gasteiger charge is -2.36. The van der Waals surface area contributed by atoms with E-state index in [1.54, 1.807) is 0 Å². The van der Waals surface area contributed by atoms with Crippen LogP contribution in [0.25, 0.3) is 0 Å². The second kappa shape index (κ2) is 9.36. The third-order valence-electron chi connectivity index (χ3n) is 7.26. The summed E-state index contributed by atoms with van der Waals surface area (Å²) >= 11 is 2.03. The SMILES string of the molecule is Cc1c(CN2CCSCC2)cccc1NC(=O)C1(c2ccc3c(c2)OCO3)CCCCC1. The summed E-state index contributed by atoms with van der Waals surface area (Å²) in [6.45, 7) is 5.60. The summed E-state index contributed by atoms with van der Waals surface area (Å²) in [5, 5.41) is 3.33. The minimum absolute atomic E-state index is 0.102. The number of nitrogens with zero attached hydrogens (tertiary/aromatic N) is 1. The zero-order valence-corrected chi connectivity index (χ0v) is 19.6. The van der Waals surface area contributed by atoms with Gasteiger partial charge >= 0.3 is 0 Å². The molecule has 5 nitrogen and oxygen atoms in total. The fraction of sp³-hybridized carbons (Fsp3) is 0.500. The molecule has 0 radical (unpaired) electrons. The Hall–Kier alpha value is -2.18. The first-order valence-electron chi connectivity index (χ1n) is 11.8. The molecule has 3 aliphatic rings. The van der Waals surface area contributed by atoms with Crippen molar-refractivity contribution in [1.29, 1.82) is 0 Å². The van der Waals surface area contributed by atoms with Crippen molar-refractivity contribution >= 4 is 23.4 Å². The van der Waals surface area contributed by atoms with Crippen molar-refractivity contribution in [2.75, 3.05) is 36.7 Å². The molecule has 0 bridgehead atoms. The Bertz CT molecular complexity index is 981. The molecule has 2 aromatic carbocycles. The number of hydrogen-bond acceptors (Lipinski definition) is 5. The van der Waals surface area contributed by atoms with E-state index in [2.05, 4.69) is 35.3 Å². The number of ether oxygens (including phenoxy) is 2. The molecule has 2 heterocycles. The van der Waals surface area contributed by atoms with E-state index in [9.17, 15) is 4.79 Å². The van der Waals surface area contributed by atoms with E-state index in [0.717, 1.165) is 68.1 Å². The zero-order chi connectivity index (χ0) is 22.0. The van der Waals surface area contributed by atoms with Crippen molar-refractivity contribution in [2.45, 2.75) is 51.0 Å². The van der Waals surface area contributed by atoms with E-state index in [1.807, 2.05) is 30.0 Å². The third-order valence-corrected chi connectivity index (χ3v) is 8.20. The number of carbonyl (C=O) groups is 1. The van der Waals surface area contributed by atoms with E-state index >= 15 is 0 Å². The summed E-state index contributed by atoms with van der Waals surface area (Å²) in [5.74, 6) is 4.02. The Balaban J connectivity index is 1.40. The number of amides is 1. The highest BCUT2D eigenvalue weighted by Gasteiger charge is 2.42. The van der Waals surface area contributed by atoms with Crippen LogP contribution in [0.1, 0.15) is 48.8 Å². The van der Waals surface area contributed by atoms with Crippen molar-refractivity contribution in [3.05, 3.63) is 53.1 Å². The summed E-state index contributed by atoms with van der Waals surface area (Å²) in [6.07, 6.45) is 5.04. The van der Waals surface area contributed by atoms with Gasteiger partial charge in [0.2, 0.25) is 12.7 Å². The molecule has 0 spiro atoms. The summed E-state index contributed by atoms with van der Waals surface area (Å²) in [4.78, 5) is 16.4. The number of carbonyl (C=O) groups excluding carboxylic acids is 1. The maximum Gasteiger partial charge on any atom is 0.235 e. The smallest absolute Gasteiger partial charge is 0.235 e. The maximum atomic E-state index is 13.8. The average molecular weight is 453 g/mol. The van der Waals surface area contributed by atoms with Gasteiger partial charge < -0.3 is 14.8 Å². The maximum absolute atomic E-state index is 13.8. The fourth-order valence-electron chi connectivity index (χ4n) is 5.23. The van der Waals surface area contributed by atoms with Gasteiger partial charge in [0.05, 0.1) is 5.41 Å². The number of rotatable bonds is 5. The predicted octanol–water partition coefficient (Wildman–Crippen LogP) is 5.11. The van der Waals surface area contributed by atoms with Crippen molar-refractivity contribution in [1.82, 2.24) is 4.90 Å². The van der Waals surface area contributed by atoms with Crippen LogP contribution in [0.15, 0.2) is 36.4 Å².